The van der Waals surface area contributed by atoms with Crippen LogP contribution in [0.3, 0.4) is 0 Å². The first-order chi connectivity index (χ1) is 15.9. The second kappa shape index (κ2) is 12.4. The van der Waals surface area contributed by atoms with Crippen LogP contribution in [0.25, 0.3) is 0 Å². The van der Waals surface area contributed by atoms with Gasteiger partial charge in [-0.2, -0.15) is 0 Å². The Kier molecular flexibility index (Phi) is 8.72. The smallest absolute Gasteiger partial charge is 0.231 e. The molecule has 2 aliphatic heterocycles. The molecule has 0 spiro atoms. The van der Waals surface area contributed by atoms with Crippen LogP contribution in [0, 0.1) is 0 Å². The summed E-state index contributed by atoms with van der Waals surface area (Å²) in [6, 6.07) is 23.9. The fraction of sp³-hybridized carbons (Fsp3) is 0.308. The first kappa shape index (κ1) is 22.5. The Bertz CT molecular complexity index is 936. The molecule has 6 heteroatoms. The van der Waals surface area contributed by atoms with Crippen molar-refractivity contribution >= 4 is 11.9 Å². The van der Waals surface area contributed by atoms with E-state index in [0.29, 0.717) is 6.79 Å². The summed E-state index contributed by atoms with van der Waals surface area (Å²) in [5.74, 6) is 3.34. The molecule has 168 valence electrons. The van der Waals surface area contributed by atoms with Crippen LogP contribution in [-0.2, 0) is 6.42 Å². The summed E-state index contributed by atoms with van der Waals surface area (Å²) in [7, 11) is 0. The number of fused-ring (bicyclic) bond motifs is 1. The van der Waals surface area contributed by atoms with Crippen LogP contribution >= 0.6 is 11.9 Å². The van der Waals surface area contributed by atoms with Crippen molar-refractivity contribution < 1.29 is 14.2 Å². The zero-order valence-electron chi connectivity index (χ0n) is 18.2. The van der Waals surface area contributed by atoms with E-state index in [9.17, 15) is 0 Å². The van der Waals surface area contributed by atoms with Gasteiger partial charge in [0.25, 0.3) is 0 Å². The van der Waals surface area contributed by atoms with Crippen molar-refractivity contribution in [3.63, 3.8) is 0 Å². The van der Waals surface area contributed by atoms with Crippen LogP contribution in [0.1, 0.15) is 24.8 Å². The van der Waals surface area contributed by atoms with Crippen molar-refractivity contribution in [2.24, 2.45) is 0 Å². The van der Waals surface area contributed by atoms with Crippen molar-refractivity contribution in [1.29, 1.82) is 0 Å². The molecule has 0 aromatic heterocycles. The van der Waals surface area contributed by atoms with E-state index in [2.05, 4.69) is 28.2 Å². The molecule has 2 N–H and O–H groups in total. The molecule has 3 aromatic carbocycles. The molecular formula is C26H30N2O3S. The predicted molar refractivity (Wildman–Crippen MR) is 130 cm³/mol. The standard InChI is InChI=1S/C21H19NO3S.C5H11N/c1-2-4-17(5-3-1)25-18-7-9-19(10-8-18)26-22-13-12-16-6-11-20-21(14-16)24-15-23-20;1-2-4-6-5-3-1/h1-11,14,22H,12-13,15H2;6H,1-5H2. The molecule has 0 atom stereocenters. The van der Waals surface area contributed by atoms with Crippen LogP contribution in [0.2, 0.25) is 0 Å². The summed E-state index contributed by atoms with van der Waals surface area (Å²) in [6.07, 6.45) is 5.14. The average molecular weight is 451 g/mol. The lowest BCUT2D eigenvalue weighted by molar-refractivity contribution is 0.174. The number of piperidine rings is 1. The van der Waals surface area contributed by atoms with Gasteiger partial charge in [0.2, 0.25) is 6.79 Å². The Morgan fingerprint density at radius 1 is 0.812 bits per heavy atom. The van der Waals surface area contributed by atoms with Crippen LogP contribution in [0.5, 0.6) is 23.0 Å². The zero-order valence-corrected chi connectivity index (χ0v) is 19.0. The fourth-order valence-electron chi connectivity index (χ4n) is 3.43. The van der Waals surface area contributed by atoms with Crippen LogP contribution in [-0.4, -0.2) is 26.4 Å². The quantitative estimate of drug-likeness (QED) is 0.350. The molecule has 0 bridgehead atoms. The first-order valence-electron chi connectivity index (χ1n) is 11.2. The van der Waals surface area contributed by atoms with Gasteiger partial charge in [-0.05, 0) is 98.4 Å². The van der Waals surface area contributed by atoms with Gasteiger partial charge in [0.15, 0.2) is 11.5 Å². The molecule has 0 aliphatic carbocycles. The van der Waals surface area contributed by atoms with E-state index in [1.807, 2.05) is 54.6 Å². The highest BCUT2D eigenvalue weighted by Crippen LogP contribution is 2.32. The summed E-state index contributed by atoms with van der Waals surface area (Å²) >= 11 is 1.62. The third-order valence-corrected chi connectivity index (χ3v) is 6.01. The molecule has 1 fully saturated rings. The maximum Gasteiger partial charge on any atom is 0.231 e. The highest BCUT2D eigenvalue weighted by molar-refractivity contribution is 7.97. The summed E-state index contributed by atoms with van der Waals surface area (Å²) in [4.78, 5) is 1.15. The molecule has 2 heterocycles. The van der Waals surface area contributed by atoms with E-state index < -0.39 is 0 Å². The molecule has 3 aromatic rings. The van der Waals surface area contributed by atoms with Gasteiger partial charge in [-0.3, -0.25) is 4.72 Å². The topological polar surface area (TPSA) is 51.8 Å². The Morgan fingerprint density at radius 2 is 1.56 bits per heavy atom. The number of hydrogen-bond acceptors (Lipinski definition) is 6. The van der Waals surface area contributed by atoms with Gasteiger partial charge in [-0.25, -0.2) is 0 Å². The Balaban J connectivity index is 0.000000354. The van der Waals surface area contributed by atoms with E-state index in [0.717, 1.165) is 40.9 Å². The first-order valence-corrected chi connectivity index (χ1v) is 12.0. The Labute approximate surface area is 194 Å². The summed E-state index contributed by atoms with van der Waals surface area (Å²) in [5, 5.41) is 3.28. The zero-order chi connectivity index (χ0) is 21.8. The van der Waals surface area contributed by atoms with E-state index in [4.69, 9.17) is 14.2 Å². The number of para-hydroxylation sites is 1. The van der Waals surface area contributed by atoms with Gasteiger partial charge >= 0.3 is 0 Å². The van der Waals surface area contributed by atoms with Gasteiger partial charge in [0.05, 0.1) is 0 Å². The summed E-state index contributed by atoms with van der Waals surface area (Å²) in [5.41, 5.74) is 1.23. The monoisotopic (exact) mass is 450 g/mol. The molecular weight excluding hydrogens is 420 g/mol. The molecule has 32 heavy (non-hydrogen) atoms. The minimum absolute atomic E-state index is 0.316. The molecule has 1 saturated heterocycles. The SMILES string of the molecule is C1CCNCC1.c1ccc(Oc2ccc(SNCCc3ccc4c(c3)OCO4)cc2)cc1. The second-order valence-electron chi connectivity index (χ2n) is 7.63. The number of ether oxygens (including phenoxy) is 3. The third-order valence-electron chi connectivity index (χ3n) is 5.15. The fourth-order valence-corrected chi connectivity index (χ4v) is 4.07. The van der Waals surface area contributed by atoms with Crippen LogP contribution in [0.15, 0.2) is 77.7 Å². The Hall–Kier alpha value is -2.67. The summed E-state index contributed by atoms with van der Waals surface area (Å²) in [6.45, 7) is 3.68. The maximum atomic E-state index is 5.80. The molecule has 5 nitrogen and oxygen atoms in total. The number of hydrogen-bond donors (Lipinski definition) is 2. The minimum Gasteiger partial charge on any atom is -0.457 e. The van der Waals surface area contributed by atoms with E-state index in [1.54, 1.807) is 11.9 Å². The number of benzene rings is 3. The second-order valence-corrected chi connectivity index (χ2v) is 8.60. The van der Waals surface area contributed by atoms with Crippen molar-refractivity contribution in [1.82, 2.24) is 10.0 Å². The number of nitrogens with one attached hydrogen (secondary N) is 2. The van der Waals surface area contributed by atoms with Crippen LogP contribution in [0.4, 0.5) is 0 Å². The van der Waals surface area contributed by atoms with Crippen molar-refractivity contribution in [2.75, 3.05) is 26.4 Å². The van der Waals surface area contributed by atoms with Crippen molar-refractivity contribution in [2.45, 2.75) is 30.6 Å². The van der Waals surface area contributed by atoms with Gasteiger partial charge in [0.1, 0.15) is 11.5 Å². The lowest BCUT2D eigenvalue weighted by Crippen LogP contribution is -2.21. The minimum atomic E-state index is 0.316. The highest BCUT2D eigenvalue weighted by atomic mass is 32.2. The third kappa shape index (κ3) is 7.19. The molecule has 2 aliphatic rings. The maximum absolute atomic E-state index is 5.80. The van der Waals surface area contributed by atoms with Crippen molar-refractivity contribution in [3.05, 3.63) is 78.4 Å². The lowest BCUT2D eigenvalue weighted by atomic mass is 10.1. The molecule has 0 unspecified atom stereocenters. The number of rotatable bonds is 7. The molecule has 0 amide bonds. The lowest BCUT2D eigenvalue weighted by Gasteiger charge is -2.08. The van der Waals surface area contributed by atoms with Crippen molar-refractivity contribution in [3.8, 4) is 23.0 Å². The van der Waals surface area contributed by atoms with E-state index >= 15 is 0 Å². The molecule has 0 radical (unpaired) electrons. The largest absolute Gasteiger partial charge is 0.457 e. The van der Waals surface area contributed by atoms with Gasteiger partial charge in [-0.1, -0.05) is 30.7 Å². The van der Waals surface area contributed by atoms with Gasteiger partial charge < -0.3 is 19.5 Å². The Morgan fingerprint density at radius 3 is 2.28 bits per heavy atom. The predicted octanol–water partition coefficient (Wildman–Crippen LogP) is 5.81. The van der Waals surface area contributed by atoms with Crippen LogP contribution < -0.4 is 24.2 Å². The molecule has 0 saturated carbocycles. The van der Waals surface area contributed by atoms with E-state index in [-0.39, 0.29) is 0 Å². The van der Waals surface area contributed by atoms with Gasteiger partial charge in [-0.15, -0.1) is 0 Å². The van der Waals surface area contributed by atoms with E-state index in [1.165, 1.54) is 37.9 Å². The highest BCUT2D eigenvalue weighted by Gasteiger charge is 2.12. The summed E-state index contributed by atoms with van der Waals surface area (Å²) < 4.78 is 19.9. The average Bonchev–Trinajstić information content (AvgIpc) is 3.33. The van der Waals surface area contributed by atoms with Gasteiger partial charge in [0, 0.05) is 11.4 Å². The molecule has 5 rings (SSSR count). The normalized spacial score (nSPS) is 14.4.